The van der Waals surface area contributed by atoms with Crippen molar-refractivity contribution in [2.75, 3.05) is 17.2 Å². The topological polar surface area (TPSA) is 55.6 Å². The van der Waals surface area contributed by atoms with Gasteiger partial charge in [-0.15, -0.1) is 0 Å². The summed E-state index contributed by atoms with van der Waals surface area (Å²) in [5, 5.41) is 0. The fourth-order valence-corrected chi connectivity index (χ4v) is 2.27. The summed E-state index contributed by atoms with van der Waals surface area (Å²) in [6.07, 6.45) is 0. The molecule has 0 spiro atoms. The van der Waals surface area contributed by atoms with E-state index in [1.54, 1.807) is 17.0 Å². The van der Waals surface area contributed by atoms with Crippen molar-refractivity contribution in [2.24, 2.45) is 0 Å². The van der Waals surface area contributed by atoms with Gasteiger partial charge in [0.2, 0.25) is 0 Å². The molecule has 2 N–H and O–H groups in total. The Morgan fingerprint density at radius 2 is 1.95 bits per heavy atom. The highest BCUT2D eigenvalue weighted by Crippen LogP contribution is 2.34. The normalized spacial score (nSPS) is 13.8. The van der Waals surface area contributed by atoms with Gasteiger partial charge in [0, 0.05) is 11.8 Å². The quantitative estimate of drug-likeness (QED) is 0.851. The predicted molar refractivity (Wildman–Crippen MR) is 78.7 cm³/mol. The van der Waals surface area contributed by atoms with E-state index in [-0.39, 0.29) is 12.5 Å². The summed E-state index contributed by atoms with van der Waals surface area (Å²) in [7, 11) is 0. The van der Waals surface area contributed by atoms with Crippen LogP contribution in [-0.4, -0.2) is 12.5 Å². The molecule has 2 aromatic rings. The largest absolute Gasteiger partial charge is 0.481 e. The average Bonchev–Trinajstić information content (AvgIpc) is 2.44. The maximum absolute atomic E-state index is 12.1. The molecule has 0 saturated heterocycles. The molecular weight excluding hydrogens is 252 g/mol. The molecule has 1 heterocycles. The van der Waals surface area contributed by atoms with Crippen LogP contribution in [0.3, 0.4) is 0 Å². The molecule has 4 heteroatoms. The minimum absolute atomic E-state index is 0.0390. The molecule has 0 fully saturated rings. The number of rotatable bonds is 2. The summed E-state index contributed by atoms with van der Waals surface area (Å²) in [5.74, 6) is 0.625. The van der Waals surface area contributed by atoms with Crippen molar-refractivity contribution in [3.05, 3.63) is 53.6 Å². The Labute approximate surface area is 117 Å². The predicted octanol–water partition coefficient (Wildman–Crippen LogP) is 2.50. The third-order valence-corrected chi connectivity index (χ3v) is 3.39. The molecule has 0 aromatic heterocycles. The molecule has 3 rings (SSSR count). The van der Waals surface area contributed by atoms with Crippen molar-refractivity contribution < 1.29 is 9.53 Å². The molecule has 0 unspecified atom stereocenters. The van der Waals surface area contributed by atoms with Crippen molar-refractivity contribution in [3.63, 3.8) is 0 Å². The van der Waals surface area contributed by atoms with Crippen LogP contribution in [0.15, 0.2) is 42.5 Å². The van der Waals surface area contributed by atoms with Gasteiger partial charge in [-0.2, -0.15) is 0 Å². The van der Waals surface area contributed by atoms with Crippen LogP contribution in [0.5, 0.6) is 5.75 Å². The second-order valence-electron chi connectivity index (χ2n) is 4.98. The van der Waals surface area contributed by atoms with Crippen LogP contribution in [0, 0.1) is 6.92 Å². The van der Waals surface area contributed by atoms with Gasteiger partial charge in [0.25, 0.3) is 5.91 Å². The van der Waals surface area contributed by atoms with Gasteiger partial charge >= 0.3 is 0 Å². The summed E-state index contributed by atoms with van der Waals surface area (Å²) in [4.78, 5) is 13.8. The molecule has 1 aliphatic rings. The van der Waals surface area contributed by atoms with Crippen LogP contribution in [0.25, 0.3) is 0 Å². The minimum Gasteiger partial charge on any atom is -0.481 e. The minimum atomic E-state index is -0.0390. The van der Waals surface area contributed by atoms with Crippen molar-refractivity contribution >= 4 is 17.3 Å². The molecule has 0 bridgehead atoms. The fourth-order valence-electron chi connectivity index (χ4n) is 2.27. The standard InChI is InChI=1S/C16H16N2O2/c1-11-2-4-12(5-3-11)9-18-14-7-6-13(17)8-15(14)20-10-16(18)19/h2-8H,9-10,17H2,1H3. The molecular formula is C16H16N2O2. The highest BCUT2D eigenvalue weighted by molar-refractivity contribution is 5.98. The Morgan fingerprint density at radius 1 is 1.20 bits per heavy atom. The van der Waals surface area contributed by atoms with Gasteiger partial charge in [-0.3, -0.25) is 4.79 Å². The molecule has 0 aliphatic carbocycles. The second-order valence-corrected chi connectivity index (χ2v) is 4.98. The second kappa shape index (κ2) is 4.89. The lowest BCUT2D eigenvalue weighted by atomic mass is 10.1. The van der Waals surface area contributed by atoms with Crippen molar-refractivity contribution in [1.29, 1.82) is 0 Å². The fraction of sp³-hybridized carbons (Fsp3) is 0.188. The maximum Gasteiger partial charge on any atom is 0.265 e. The van der Waals surface area contributed by atoms with Crippen LogP contribution in [0.2, 0.25) is 0 Å². The van der Waals surface area contributed by atoms with Gasteiger partial charge in [0.1, 0.15) is 5.75 Å². The number of nitrogen functional groups attached to an aromatic ring is 1. The van der Waals surface area contributed by atoms with E-state index in [4.69, 9.17) is 10.5 Å². The first-order valence-corrected chi connectivity index (χ1v) is 6.52. The van der Waals surface area contributed by atoms with Gasteiger partial charge in [0.15, 0.2) is 6.61 Å². The number of benzene rings is 2. The van der Waals surface area contributed by atoms with Gasteiger partial charge in [0.05, 0.1) is 12.2 Å². The van der Waals surface area contributed by atoms with Gasteiger partial charge in [-0.1, -0.05) is 29.8 Å². The lowest BCUT2D eigenvalue weighted by molar-refractivity contribution is -0.121. The lowest BCUT2D eigenvalue weighted by Crippen LogP contribution is -2.38. The number of hydrogen-bond acceptors (Lipinski definition) is 3. The molecule has 20 heavy (non-hydrogen) atoms. The monoisotopic (exact) mass is 268 g/mol. The zero-order valence-corrected chi connectivity index (χ0v) is 11.3. The van der Waals surface area contributed by atoms with Crippen LogP contribution in [0.1, 0.15) is 11.1 Å². The third-order valence-electron chi connectivity index (χ3n) is 3.39. The number of ether oxygens (including phenoxy) is 1. The van der Waals surface area contributed by atoms with Gasteiger partial charge in [-0.05, 0) is 24.6 Å². The van der Waals surface area contributed by atoms with Crippen LogP contribution in [0.4, 0.5) is 11.4 Å². The van der Waals surface area contributed by atoms with E-state index in [9.17, 15) is 4.79 Å². The van der Waals surface area contributed by atoms with E-state index in [0.29, 0.717) is 18.0 Å². The molecule has 0 saturated carbocycles. The van der Waals surface area contributed by atoms with Gasteiger partial charge < -0.3 is 15.4 Å². The SMILES string of the molecule is Cc1ccc(CN2C(=O)COc3cc(N)ccc32)cc1. The average molecular weight is 268 g/mol. The number of aryl methyl sites for hydroxylation is 1. The van der Waals surface area contributed by atoms with Crippen molar-refractivity contribution in [3.8, 4) is 5.75 Å². The highest BCUT2D eigenvalue weighted by Gasteiger charge is 2.25. The van der Waals surface area contributed by atoms with Crippen LogP contribution < -0.4 is 15.4 Å². The number of carbonyl (C=O) groups is 1. The number of fused-ring (bicyclic) bond motifs is 1. The summed E-state index contributed by atoms with van der Waals surface area (Å²) in [6.45, 7) is 2.64. The smallest absolute Gasteiger partial charge is 0.265 e. The number of nitrogens with zero attached hydrogens (tertiary/aromatic N) is 1. The number of carbonyl (C=O) groups excluding carboxylic acids is 1. The zero-order chi connectivity index (χ0) is 14.1. The molecule has 4 nitrogen and oxygen atoms in total. The summed E-state index contributed by atoms with van der Waals surface area (Å²) < 4.78 is 5.43. The van der Waals surface area contributed by atoms with E-state index in [0.717, 1.165) is 11.3 Å². The Morgan fingerprint density at radius 3 is 2.70 bits per heavy atom. The summed E-state index contributed by atoms with van der Waals surface area (Å²) in [6, 6.07) is 13.5. The number of nitrogens with two attached hydrogens (primary N) is 1. The first-order valence-electron chi connectivity index (χ1n) is 6.52. The number of anilines is 2. The van der Waals surface area contributed by atoms with E-state index in [2.05, 4.69) is 0 Å². The third kappa shape index (κ3) is 2.32. The first-order chi connectivity index (χ1) is 9.63. The zero-order valence-electron chi connectivity index (χ0n) is 11.3. The highest BCUT2D eigenvalue weighted by atomic mass is 16.5. The number of hydrogen-bond donors (Lipinski definition) is 1. The van der Waals surface area contributed by atoms with E-state index >= 15 is 0 Å². The molecule has 1 aliphatic heterocycles. The molecule has 1 amide bonds. The number of amides is 1. The molecule has 0 radical (unpaired) electrons. The van der Waals surface area contributed by atoms with Crippen molar-refractivity contribution in [1.82, 2.24) is 0 Å². The molecule has 0 atom stereocenters. The Bertz CT molecular complexity index is 650. The Balaban J connectivity index is 1.93. The lowest BCUT2D eigenvalue weighted by Gasteiger charge is -2.29. The van der Waals surface area contributed by atoms with E-state index < -0.39 is 0 Å². The molecule has 2 aromatic carbocycles. The maximum atomic E-state index is 12.1. The molecule has 102 valence electrons. The van der Waals surface area contributed by atoms with Crippen LogP contribution >= 0.6 is 0 Å². The summed E-state index contributed by atoms with van der Waals surface area (Å²) >= 11 is 0. The van der Waals surface area contributed by atoms with Crippen LogP contribution in [-0.2, 0) is 11.3 Å². The summed E-state index contributed by atoms with van der Waals surface area (Å²) in [5.41, 5.74) is 9.45. The first kappa shape index (κ1) is 12.5. The van der Waals surface area contributed by atoms with E-state index in [1.807, 2.05) is 37.3 Å². The van der Waals surface area contributed by atoms with Crippen molar-refractivity contribution in [2.45, 2.75) is 13.5 Å². The Hall–Kier alpha value is -2.49. The van der Waals surface area contributed by atoms with E-state index in [1.165, 1.54) is 5.56 Å². The Kier molecular flexibility index (Phi) is 3.06. The van der Waals surface area contributed by atoms with Gasteiger partial charge in [-0.25, -0.2) is 0 Å².